The van der Waals surface area contributed by atoms with Crippen LogP contribution in [0.5, 0.6) is 0 Å². The van der Waals surface area contributed by atoms with E-state index in [1.165, 1.54) is 0 Å². The summed E-state index contributed by atoms with van der Waals surface area (Å²) in [6, 6.07) is 15.7. The van der Waals surface area contributed by atoms with Crippen LogP contribution >= 0.6 is 34.8 Å². The largest absolute Gasteiger partial charge is 0.369 e. The zero-order chi connectivity index (χ0) is 19.9. The van der Waals surface area contributed by atoms with Crippen molar-refractivity contribution in [3.05, 3.63) is 64.7 Å². The minimum atomic E-state index is 0.564. The van der Waals surface area contributed by atoms with Gasteiger partial charge in [-0.15, -0.1) is 23.2 Å². The fraction of sp³-hybridized carbons (Fsp3) is 0.238. The maximum atomic E-state index is 6.06. The number of alkyl halides is 2. The molecule has 0 aliphatic carbocycles. The summed E-state index contributed by atoms with van der Waals surface area (Å²) in [5.74, 6) is 1.82. The molecule has 1 N–H and O–H groups in total. The van der Waals surface area contributed by atoms with Crippen LogP contribution < -0.4 is 10.3 Å². The molecule has 0 saturated carbocycles. The van der Waals surface area contributed by atoms with Gasteiger partial charge in [0.25, 0.3) is 0 Å². The Morgan fingerprint density at radius 3 is 2.43 bits per heavy atom. The minimum Gasteiger partial charge on any atom is -0.369 e. The second-order valence-corrected chi connectivity index (χ2v) is 7.50. The van der Waals surface area contributed by atoms with Crippen LogP contribution in [0.2, 0.25) is 5.02 Å². The van der Waals surface area contributed by atoms with Crippen molar-refractivity contribution in [2.24, 2.45) is 5.10 Å². The Morgan fingerprint density at radius 1 is 1.04 bits per heavy atom. The van der Waals surface area contributed by atoms with Gasteiger partial charge in [-0.25, -0.2) is 4.98 Å². The van der Waals surface area contributed by atoms with Gasteiger partial charge in [0.15, 0.2) is 0 Å². The lowest BCUT2D eigenvalue weighted by molar-refractivity contribution is 0.874. The third-order valence-electron chi connectivity index (χ3n) is 4.34. The highest BCUT2D eigenvalue weighted by atomic mass is 35.5. The van der Waals surface area contributed by atoms with Gasteiger partial charge in [-0.2, -0.15) is 5.10 Å². The van der Waals surface area contributed by atoms with Crippen LogP contribution in [-0.4, -0.2) is 36.0 Å². The lowest BCUT2D eigenvalue weighted by Crippen LogP contribution is -2.27. The number of nitrogens with zero attached hydrogens (tertiary/aromatic N) is 3. The smallest absolute Gasteiger partial charge is 0.147 e. The Hall–Kier alpha value is -2.01. The molecule has 3 aromatic rings. The van der Waals surface area contributed by atoms with Gasteiger partial charge >= 0.3 is 0 Å². The second kappa shape index (κ2) is 9.97. The zero-order valence-corrected chi connectivity index (χ0v) is 17.8. The summed E-state index contributed by atoms with van der Waals surface area (Å²) >= 11 is 17.8. The first-order valence-electron chi connectivity index (χ1n) is 8.93. The molecule has 0 amide bonds. The van der Waals surface area contributed by atoms with Crippen molar-refractivity contribution >= 4 is 63.4 Å². The maximum absolute atomic E-state index is 6.06. The molecule has 146 valence electrons. The Labute approximate surface area is 180 Å². The van der Waals surface area contributed by atoms with Crippen molar-refractivity contribution in [1.29, 1.82) is 0 Å². The van der Waals surface area contributed by atoms with E-state index < -0.39 is 0 Å². The van der Waals surface area contributed by atoms with Crippen molar-refractivity contribution in [3.8, 4) is 0 Å². The molecule has 1 aromatic heterocycles. The molecule has 0 saturated heterocycles. The Kier molecular flexibility index (Phi) is 7.37. The lowest BCUT2D eigenvalue weighted by Gasteiger charge is -2.22. The van der Waals surface area contributed by atoms with Crippen molar-refractivity contribution in [3.63, 3.8) is 0 Å². The lowest BCUT2D eigenvalue weighted by atomic mass is 10.1. The molecular formula is C21H21Cl3N4. The van der Waals surface area contributed by atoms with Crippen molar-refractivity contribution in [1.82, 2.24) is 4.98 Å². The number of aryl methyl sites for hydroxylation is 1. The molecule has 4 nitrogen and oxygen atoms in total. The number of hydrogen-bond acceptors (Lipinski definition) is 4. The fourth-order valence-corrected chi connectivity index (χ4v) is 3.52. The highest BCUT2D eigenvalue weighted by Crippen LogP contribution is 2.23. The molecule has 0 fully saturated rings. The number of benzene rings is 2. The molecule has 2 aromatic carbocycles. The first-order valence-corrected chi connectivity index (χ1v) is 10.4. The van der Waals surface area contributed by atoms with Gasteiger partial charge in [0.2, 0.25) is 0 Å². The highest BCUT2D eigenvalue weighted by Gasteiger charge is 2.05. The third-order valence-corrected chi connectivity index (χ3v) is 4.91. The van der Waals surface area contributed by atoms with Gasteiger partial charge in [0, 0.05) is 40.9 Å². The number of anilines is 2. The van der Waals surface area contributed by atoms with E-state index in [0.29, 0.717) is 22.6 Å². The quantitative estimate of drug-likeness (QED) is 0.271. The van der Waals surface area contributed by atoms with Crippen LogP contribution in [0.25, 0.3) is 10.9 Å². The molecule has 3 rings (SSSR count). The number of rotatable bonds is 8. The van der Waals surface area contributed by atoms with Gasteiger partial charge in [-0.05, 0) is 54.4 Å². The summed E-state index contributed by atoms with van der Waals surface area (Å²) in [4.78, 5) is 6.73. The van der Waals surface area contributed by atoms with Gasteiger partial charge in [0.05, 0.1) is 11.7 Å². The standard InChI is InChI=1S/C21H21Cl3N4/c1-15-12-21(26-20-7-4-17(24)13-19(15)20)27-25-14-16-2-5-18(6-3-16)28(10-8-22)11-9-23/h2-7,12-14H,8-11H2,1H3,(H,26,27)/b25-14+. The van der Waals surface area contributed by atoms with Gasteiger partial charge in [-0.1, -0.05) is 23.7 Å². The van der Waals surface area contributed by atoms with Crippen molar-refractivity contribution < 1.29 is 0 Å². The van der Waals surface area contributed by atoms with Gasteiger partial charge in [-0.3, -0.25) is 5.43 Å². The molecule has 0 aliphatic rings. The average molecular weight is 436 g/mol. The van der Waals surface area contributed by atoms with E-state index in [0.717, 1.165) is 40.8 Å². The van der Waals surface area contributed by atoms with Crippen molar-refractivity contribution in [2.45, 2.75) is 6.92 Å². The number of hydrazone groups is 1. The van der Waals surface area contributed by atoms with Crippen LogP contribution in [-0.2, 0) is 0 Å². The Balaban J connectivity index is 1.69. The molecule has 7 heteroatoms. The van der Waals surface area contributed by atoms with Crippen LogP contribution in [0.1, 0.15) is 11.1 Å². The fourth-order valence-electron chi connectivity index (χ4n) is 2.94. The highest BCUT2D eigenvalue weighted by molar-refractivity contribution is 6.31. The molecular weight excluding hydrogens is 415 g/mol. The number of hydrogen-bond donors (Lipinski definition) is 1. The average Bonchev–Trinajstić information content (AvgIpc) is 2.69. The predicted molar refractivity (Wildman–Crippen MR) is 123 cm³/mol. The van der Waals surface area contributed by atoms with Crippen LogP contribution in [0, 0.1) is 6.92 Å². The van der Waals surface area contributed by atoms with Crippen LogP contribution in [0.4, 0.5) is 11.5 Å². The molecule has 0 bridgehead atoms. The Morgan fingerprint density at radius 2 is 1.75 bits per heavy atom. The first kappa shape index (κ1) is 20.7. The summed E-state index contributed by atoms with van der Waals surface area (Å²) in [5.41, 5.74) is 7.05. The second-order valence-electron chi connectivity index (χ2n) is 6.31. The number of pyridine rings is 1. The van der Waals surface area contributed by atoms with E-state index in [2.05, 4.69) is 20.4 Å². The van der Waals surface area contributed by atoms with Crippen molar-refractivity contribution in [2.75, 3.05) is 35.2 Å². The zero-order valence-electron chi connectivity index (χ0n) is 15.5. The molecule has 0 aliphatic heterocycles. The van der Waals surface area contributed by atoms with E-state index in [1.807, 2.05) is 55.5 Å². The topological polar surface area (TPSA) is 40.5 Å². The summed E-state index contributed by atoms with van der Waals surface area (Å²) < 4.78 is 0. The molecule has 28 heavy (non-hydrogen) atoms. The summed E-state index contributed by atoms with van der Waals surface area (Å²) in [6.45, 7) is 3.56. The Bertz CT molecular complexity index is 952. The molecule has 0 radical (unpaired) electrons. The van der Waals surface area contributed by atoms with Gasteiger partial charge < -0.3 is 4.90 Å². The monoisotopic (exact) mass is 434 g/mol. The molecule has 1 heterocycles. The van der Waals surface area contributed by atoms with E-state index in [1.54, 1.807) is 6.21 Å². The predicted octanol–water partition coefficient (Wildman–Crippen LogP) is 5.93. The normalized spacial score (nSPS) is 11.3. The number of nitrogens with one attached hydrogen (secondary N) is 1. The van der Waals surface area contributed by atoms with E-state index in [4.69, 9.17) is 34.8 Å². The number of fused-ring (bicyclic) bond motifs is 1. The van der Waals surface area contributed by atoms with E-state index >= 15 is 0 Å². The van der Waals surface area contributed by atoms with E-state index in [9.17, 15) is 0 Å². The molecule has 0 atom stereocenters. The summed E-state index contributed by atoms with van der Waals surface area (Å²) in [6.07, 6.45) is 1.76. The molecule has 0 unspecified atom stereocenters. The summed E-state index contributed by atoms with van der Waals surface area (Å²) in [5, 5.41) is 6.05. The van der Waals surface area contributed by atoms with Gasteiger partial charge in [0.1, 0.15) is 5.82 Å². The minimum absolute atomic E-state index is 0.564. The van der Waals surface area contributed by atoms with Crippen LogP contribution in [0.15, 0.2) is 53.6 Å². The van der Waals surface area contributed by atoms with E-state index in [-0.39, 0.29) is 0 Å². The number of aromatic nitrogens is 1. The summed E-state index contributed by atoms with van der Waals surface area (Å²) in [7, 11) is 0. The SMILES string of the molecule is Cc1cc(N/N=C/c2ccc(N(CCCl)CCCl)cc2)nc2ccc(Cl)cc12. The maximum Gasteiger partial charge on any atom is 0.147 e. The first-order chi connectivity index (χ1) is 13.6. The third kappa shape index (κ3) is 5.28. The number of halogens is 3. The van der Waals surface area contributed by atoms with Crippen LogP contribution in [0.3, 0.4) is 0 Å². The molecule has 0 spiro atoms.